The molecule has 6 aromatic rings. The molecule has 0 atom stereocenters. The third-order valence-corrected chi connectivity index (χ3v) is 15.3. The van der Waals surface area contributed by atoms with Crippen molar-refractivity contribution in [3.8, 4) is 23.6 Å². The summed E-state index contributed by atoms with van der Waals surface area (Å²) >= 11 is 0. The van der Waals surface area contributed by atoms with E-state index in [-0.39, 0.29) is 32.8 Å². The molecule has 0 unspecified atom stereocenters. The molecule has 18 nitrogen and oxygen atoms in total. The van der Waals surface area contributed by atoms with Gasteiger partial charge in [0.2, 0.25) is 5.69 Å². The first-order chi connectivity index (χ1) is 37.9. The second kappa shape index (κ2) is 23.7. The van der Waals surface area contributed by atoms with Crippen molar-refractivity contribution in [1.82, 2.24) is 0 Å². The minimum absolute atomic E-state index is 0.0125. The summed E-state index contributed by atoms with van der Waals surface area (Å²) in [5.74, 6) is -2.75. The average Bonchev–Trinajstić information content (AvgIpc) is 3.75. The van der Waals surface area contributed by atoms with E-state index in [1.807, 2.05) is 0 Å². The Morgan fingerprint density at radius 1 is 0.700 bits per heavy atom. The summed E-state index contributed by atoms with van der Waals surface area (Å²) in [6, 6.07) is 34.7. The van der Waals surface area contributed by atoms with Crippen LogP contribution in [-0.4, -0.2) is 88.7 Å². The van der Waals surface area contributed by atoms with Crippen molar-refractivity contribution in [2.45, 2.75) is 55.2 Å². The maximum absolute atomic E-state index is 12.4. The van der Waals surface area contributed by atoms with Gasteiger partial charge in [0.25, 0.3) is 11.4 Å². The van der Waals surface area contributed by atoms with Gasteiger partial charge in [-0.2, -0.15) is 4.58 Å². The van der Waals surface area contributed by atoms with Crippen LogP contribution >= 0.6 is 0 Å². The summed E-state index contributed by atoms with van der Waals surface area (Å²) in [4.78, 5) is 31.9. The third-order valence-electron chi connectivity index (χ3n) is 13.5. The monoisotopic (exact) mass is 1110 g/mol. The summed E-state index contributed by atoms with van der Waals surface area (Å²) in [5.41, 5.74) is 7.29. The highest BCUT2D eigenvalue weighted by Gasteiger charge is 2.44. The quantitative estimate of drug-likeness (QED) is 0.0329. The number of anilines is 1. The number of carbonyl (C=O) groups excluding carboxylic acids is 2. The molecule has 406 valence electrons. The molecule has 0 saturated carbocycles. The highest BCUT2D eigenvalue weighted by molar-refractivity contribution is 7.86. The topological polar surface area (TPSA) is 248 Å². The fourth-order valence-electron chi connectivity index (χ4n) is 9.77. The first-order valence-corrected chi connectivity index (χ1v) is 27.3. The molecule has 2 aliphatic rings. The van der Waals surface area contributed by atoms with Gasteiger partial charge < -0.3 is 33.0 Å². The highest BCUT2D eigenvalue weighted by atomic mass is 32.2. The van der Waals surface area contributed by atoms with Gasteiger partial charge in [-0.05, 0) is 91.7 Å². The standard InChI is InChI=1S/C30H20N4O12S2.C30H33N2/c1-33-23(17-31)21-15-26(44-12-14-46-30(36)20-8-4-6-10-28(20)48(40,41)42)22(24(18-32)34-2)16-25(21)43-11-13-45-29(35)19-7-3-5-9-27(19)47(37,38)39;1-20-15-17-24-23(19-20)29(2,3)26(31(24)6)13-10-14-27-30(4,5)28-22-12-9-8-11-21(22)16-18-25(28)32(27)7/h3-10,15-16H,11-14H2,(H,37,38,39)(H,40,41,42);8-19H,1-7H3/q;+1/p-2/b23-21-,24-22+;. The van der Waals surface area contributed by atoms with Crippen LogP contribution < -0.4 is 24.8 Å². The van der Waals surface area contributed by atoms with Gasteiger partial charge in [0.15, 0.2) is 5.71 Å². The Morgan fingerprint density at radius 2 is 1.20 bits per heavy atom. The molecule has 0 saturated heterocycles. The molecule has 0 fully saturated rings. The SMILES string of the molecule is Cc1ccc2c(c1)C(C)(C)C(=CC=CC1=[N+](C)c3ccc4ccccc4c3C1(C)C)N2C.[C-]#[N+]/C(C#N)=c1/cc(OCCOC(=O)c2ccccc2S(=O)(=O)[O-])/c(=C(\C#N)[N+]#[C-])cc1OCCOC(=O)c1ccccc1S(=O)(=O)[O-]. The van der Waals surface area contributed by atoms with Crippen LogP contribution in [0.25, 0.3) is 31.9 Å². The molecule has 0 N–H and O–H groups in total. The molecule has 8 rings (SSSR count). The maximum atomic E-state index is 12.4. The van der Waals surface area contributed by atoms with Gasteiger partial charge in [0.1, 0.15) is 65.2 Å². The maximum Gasteiger partial charge on any atom is 0.339 e. The Kier molecular flexibility index (Phi) is 17.2. The van der Waals surface area contributed by atoms with Gasteiger partial charge in [-0.15, -0.1) is 0 Å². The van der Waals surface area contributed by atoms with Crippen molar-refractivity contribution < 1.29 is 59.1 Å². The van der Waals surface area contributed by atoms with Gasteiger partial charge >= 0.3 is 11.9 Å². The van der Waals surface area contributed by atoms with Gasteiger partial charge in [0.05, 0.1) is 51.6 Å². The van der Waals surface area contributed by atoms with E-state index in [1.54, 1.807) is 12.1 Å². The molecular formula is C60H51N6O12S2-. The first kappa shape index (κ1) is 58.3. The number of hydrogen-bond donors (Lipinski definition) is 0. The molecule has 0 spiro atoms. The van der Waals surface area contributed by atoms with Crippen LogP contribution in [-0.2, 0) is 40.5 Å². The van der Waals surface area contributed by atoms with Crippen LogP contribution in [0.1, 0.15) is 65.1 Å². The van der Waals surface area contributed by atoms with Crippen molar-refractivity contribution in [2.75, 3.05) is 45.4 Å². The molecule has 2 heterocycles. The van der Waals surface area contributed by atoms with Crippen LogP contribution in [0.15, 0.2) is 149 Å². The number of rotatable bonds is 14. The number of esters is 2. The predicted octanol–water partition coefficient (Wildman–Crippen LogP) is 8.09. The predicted molar refractivity (Wildman–Crippen MR) is 295 cm³/mol. The average molecular weight is 1110 g/mol. The summed E-state index contributed by atoms with van der Waals surface area (Å²) < 4.78 is 92.3. The molecule has 0 aromatic heterocycles. The Labute approximate surface area is 463 Å². The molecule has 0 aliphatic carbocycles. The van der Waals surface area contributed by atoms with Crippen molar-refractivity contribution in [1.29, 1.82) is 10.5 Å². The molecular weight excluding hydrogens is 1060 g/mol. The van der Waals surface area contributed by atoms with Crippen molar-refractivity contribution in [3.05, 3.63) is 200 Å². The third kappa shape index (κ3) is 12.0. The molecule has 80 heavy (non-hydrogen) atoms. The fourth-order valence-corrected chi connectivity index (χ4v) is 11.1. The lowest BCUT2D eigenvalue weighted by molar-refractivity contribution is -0.401. The number of aryl methyl sites for hydroxylation is 1. The van der Waals surface area contributed by atoms with E-state index in [0.717, 1.165) is 36.4 Å². The number of benzene rings is 6. The summed E-state index contributed by atoms with van der Waals surface area (Å²) in [6.45, 7) is 24.3. The van der Waals surface area contributed by atoms with Crippen LogP contribution in [0.4, 0.5) is 11.4 Å². The fraction of sp³-hybridized carbons (Fsp3) is 0.217. The van der Waals surface area contributed by atoms with E-state index in [2.05, 4.69) is 141 Å². The van der Waals surface area contributed by atoms with E-state index in [1.165, 1.54) is 74.5 Å². The molecule has 0 bridgehead atoms. The molecule has 2 aliphatic heterocycles. The van der Waals surface area contributed by atoms with E-state index in [0.29, 0.717) is 0 Å². The Hall–Kier alpha value is -9.41. The van der Waals surface area contributed by atoms with Gasteiger partial charge in [-0.25, -0.2) is 46.6 Å². The van der Waals surface area contributed by atoms with Crippen LogP contribution in [0.3, 0.4) is 0 Å². The number of nitrogens with zero attached hydrogens (tertiary/aromatic N) is 6. The largest absolute Gasteiger partial charge is 0.744 e. The Morgan fingerprint density at radius 3 is 1.70 bits per heavy atom. The second-order valence-electron chi connectivity index (χ2n) is 19.2. The van der Waals surface area contributed by atoms with Crippen molar-refractivity contribution >= 4 is 71.4 Å². The van der Waals surface area contributed by atoms with Crippen molar-refractivity contribution in [2.24, 2.45) is 0 Å². The molecule has 6 aromatic carbocycles. The van der Waals surface area contributed by atoms with Gasteiger partial charge in [0, 0.05) is 52.0 Å². The Balaban J connectivity index is 0.000000249. The normalized spacial score (nSPS) is 15.3. The number of hydrogen-bond acceptors (Lipinski definition) is 15. The first-order valence-electron chi connectivity index (χ1n) is 24.4. The summed E-state index contributed by atoms with van der Waals surface area (Å²) in [6.07, 6.45) is 6.85. The minimum atomic E-state index is -4.99. The number of likely N-dealkylation sites (N-methyl/N-ethyl adjacent to an activating group) is 1. The van der Waals surface area contributed by atoms with Gasteiger partial charge in [-0.1, -0.05) is 86.2 Å². The Bertz CT molecular complexity index is 3980. The zero-order valence-electron chi connectivity index (χ0n) is 44.4. The van der Waals surface area contributed by atoms with Crippen LogP contribution in [0.2, 0.25) is 0 Å². The molecule has 0 amide bonds. The molecule has 0 radical (unpaired) electrons. The lowest BCUT2D eigenvalue weighted by atomic mass is 9.79. The smallest absolute Gasteiger partial charge is 0.339 e. The van der Waals surface area contributed by atoms with E-state index in [9.17, 15) is 46.1 Å². The summed E-state index contributed by atoms with van der Waals surface area (Å²) in [5, 5.41) is 21.4. The lowest BCUT2D eigenvalue weighted by Crippen LogP contribution is -2.27. The zero-order valence-corrected chi connectivity index (χ0v) is 46.1. The summed E-state index contributed by atoms with van der Waals surface area (Å²) in [7, 11) is -5.61. The van der Waals surface area contributed by atoms with E-state index in [4.69, 9.17) is 32.1 Å². The highest BCUT2D eigenvalue weighted by Crippen LogP contribution is 2.48. The number of allylic oxidation sites excluding steroid dienone is 4. The zero-order chi connectivity index (χ0) is 58.3. The molecule has 20 heteroatoms. The number of carbonyl (C=O) groups is 2. The minimum Gasteiger partial charge on any atom is -0.744 e. The van der Waals surface area contributed by atoms with Crippen molar-refractivity contribution in [3.63, 3.8) is 0 Å². The number of ether oxygens (including phenoxy) is 4. The van der Waals surface area contributed by atoms with Crippen LogP contribution in [0, 0.1) is 42.7 Å². The van der Waals surface area contributed by atoms with E-state index >= 15 is 0 Å². The number of fused-ring (bicyclic) bond motifs is 4. The van der Waals surface area contributed by atoms with Crippen LogP contribution in [0.5, 0.6) is 11.5 Å². The number of nitriles is 2. The second-order valence-corrected chi connectivity index (χ2v) is 21.9. The lowest BCUT2D eigenvalue weighted by Gasteiger charge is -2.23. The van der Waals surface area contributed by atoms with Gasteiger partial charge in [-0.3, -0.25) is 0 Å². The van der Waals surface area contributed by atoms with E-state index < -0.39 is 90.9 Å².